The predicted octanol–water partition coefficient (Wildman–Crippen LogP) is 0.219. The van der Waals surface area contributed by atoms with Crippen molar-refractivity contribution < 1.29 is 13.5 Å². The molecule has 0 spiro atoms. The molecule has 2 heterocycles. The maximum absolute atomic E-state index is 12.3. The van der Waals surface area contributed by atoms with Gasteiger partial charge in [0.2, 0.25) is 5.03 Å². The molecule has 1 saturated heterocycles. The number of sulfonamides is 1. The van der Waals surface area contributed by atoms with Gasteiger partial charge in [0.05, 0.1) is 12.9 Å². The summed E-state index contributed by atoms with van der Waals surface area (Å²) >= 11 is 5.89. The van der Waals surface area contributed by atoms with Crippen molar-refractivity contribution in [2.24, 2.45) is 7.05 Å². The Labute approximate surface area is 105 Å². The van der Waals surface area contributed by atoms with E-state index < -0.39 is 10.0 Å². The van der Waals surface area contributed by atoms with Crippen LogP contribution in [-0.2, 0) is 17.1 Å². The van der Waals surface area contributed by atoms with Crippen molar-refractivity contribution >= 4 is 21.6 Å². The molecule has 1 fully saturated rings. The summed E-state index contributed by atoms with van der Waals surface area (Å²) < 4.78 is 27.3. The molecular weight excluding hydrogens is 266 g/mol. The molecule has 1 aromatic heterocycles. The predicted molar refractivity (Wildman–Crippen MR) is 62.2 cm³/mol. The molecule has 1 atom stereocenters. The van der Waals surface area contributed by atoms with Crippen molar-refractivity contribution in [3.63, 3.8) is 0 Å². The highest BCUT2D eigenvalue weighted by Gasteiger charge is 2.37. The average Bonchev–Trinajstić information content (AvgIpc) is 2.87. The third-order valence-electron chi connectivity index (χ3n) is 2.92. The van der Waals surface area contributed by atoms with Gasteiger partial charge < -0.3 is 9.67 Å². The highest BCUT2D eigenvalue weighted by Crippen LogP contribution is 2.28. The summed E-state index contributed by atoms with van der Waals surface area (Å²) in [5.74, 6) is 0. The number of aryl methyl sites for hydroxylation is 1. The van der Waals surface area contributed by atoms with E-state index in [0.29, 0.717) is 13.0 Å². The van der Waals surface area contributed by atoms with E-state index in [-0.39, 0.29) is 22.8 Å². The Morgan fingerprint density at radius 2 is 2.35 bits per heavy atom. The molecule has 6 nitrogen and oxygen atoms in total. The van der Waals surface area contributed by atoms with Crippen molar-refractivity contribution in [2.75, 3.05) is 13.2 Å². The Kier molecular flexibility index (Phi) is 3.44. The van der Waals surface area contributed by atoms with Gasteiger partial charge in [0, 0.05) is 19.6 Å². The third kappa shape index (κ3) is 2.08. The molecule has 1 aromatic rings. The molecule has 0 unspecified atom stereocenters. The average molecular weight is 280 g/mol. The second kappa shape index (κ2) is 4.56. The lowest BCUT2D eigenvalue weighted by atomic mass is 10.2. The molecule has 8 heteroatoms. The van der Waals surface area contributed by atoms with Gasteiger partial charge in [-0.2, -0.15) is 4.31 Å². The number of nitrogens with zero attached hydrogens (tertiary/aromatic N) is 3. The lowest BCUT2D eigenvalue weighted by Gasteiger charge is -2.21. The highest BCUT2D eigenvalue weighted by atomic mass is 35.5. The molecule has 0 bridgehead atoms. The highest BCUT2D eigenvalue weighted by molar-refractivity contribution is 7.89. The van der Waals surface area contributed by atoms with E-state index in [1.165, 1.54) is 15.2 Å². The van der Waals surface area contributed by atoms with Crippen LogP contribution in [0.3, 0.4) is 0 Å². The number of imidazole rings is 1. The Bertz CT molecular complexity index is 514. The molecule has 0 radical (unpaired) electrons. The maximum atomic E-state index is 12.3. The summed E-state index contributed by atoms with van der Waals surface area (Å²) in [6.45, 7) is 0.226. The smallest absolute Gasteiger partial charge is 0.264 e. The molecule has 1 aliphatic rings. The molecule has 0 aromatic carbocycles. The minimum absolute atomic E-state index is 0.0913. The first-order valence-electron chi connectivity index (χ1n) is 5.28. The van der Waals surface area contributed by atoms with E-state index in [9.17, 15) is 8.42 Å². The van der Waals surface area contributed by atoms with Crippen molar-refractivity contribution in [2.45, 2.75) is 23.9 Å². The molecule has 0 aliphatic carbocycles. The summed E-state index contributed by atoms with van der Waals surface area (Å²) in [5, 5.41) is 9.11. The quantitative estimate of drug-likeness (QED) is 0.859. The Morgan fingerprint density at radius 1 is 1.65 bits per heavy atom. The van der Waals surface area contributed by atoms with Crippen LogP contribution in [0.5, 0.6) is 0 Å². The molecule has 96 valence electrons. The van der Waals surface area contributed by atoms with Crippen molar-refractivity contribution in [3.05, 3.63) is 11.5 Å². The first-order valence-corrected chi connectivity index (χ1v) is 7.10. The zero-order valence-electron chi connectivity index (χ0n) is 9.37. The minimum atomic E-state index is -3.70. The molecule has 2 rings (SSSR count). The van der Waals surface area contributed by atoms with E-state index >= 15 is 0 Å². The lowest BCUT2D eigenvalue weighted by molar-refractivity contribution is 0.213. The number of aliphatic hydroxyl groups is 1. The van der Waals surface area contributed by atoms with Gasteiger partial charge >= 0.3 is 0 Å². The second-order valence-corrected chi connectivity index (χ2v) is 6.21. The number of aliphatic hydroxyl groups excluding tert-OH is 1. The minimum Gasteiger partial charge on any atom is -0.395 e. The molecule has 1 N–H and O–H groups in total. The van der Waals surface area contributed by atoms with Crippen molar-refractivity contribution in [1.82, 2.24) is 13.9 Å². The van der Waals surface area contributed by atoms with E-state index in [2.05, 4.69) is 4.98 Å². The molecule has 1 aliphatic heterocycles. The van der Waals surface area contributed by atoms with Crippen molar-refractivity contribution in [3.8, 4) is 0 Å². The van der Waals surface area contributed by atoms with Crippen LogP contribution in [0.15, 0.2) is 11.4 Å². The molecular formula is C9H14ClN3O3S. The zero-order chi connectivity index (χ0) is 12.6. The topological polar surface area (TPSA) is 75.4 Å². The summed E-state index contributed by atoms with van der Waals surface area (Å²) in [6.07, 6.45) is 2.77. The largest absolute Gasteiger partial charge is 0.395 e. The second-order valence-electron chi connectivity index (χ2n) is 4.05. The normalized spacial score (nSPS) is 22.2. The van der Waals surface area contributed by atoms with E-state index in [1.54, 1.807) is 7.05 Å². The Hall–Kier alpha value is -0.630. The fourth-order valence-corrected chi connectivity index (χ4v) is 4.06. The zero-order valence-corrected chi connectivity index (χ0v) is 10.9. The van der Waals surface area contributed by atoms with Gasteiger partial charge in [-0.25, -0.2) is 13.4 Å². The van der Waals surface area contributed by atoms with Crippen LogP contribution < -0.4 is 0 Å². The van der Waals surface area contributed by atoms with Gasteiger partial charge in [-0.1, -0.05) is 11.6 Å². The lowest BCUT2D eigenvalue weighted by Crippen LogP contribution is -2.37. The van der Waals surface area contributed by atoms with Gasteiger partial charge in [-0.05, 0) is 12.8 Å². The first-order chi connectivity index (χ1) is 7.98. The third-order valence-corrected chi connectivity index (χ3v) is 5.36. The van der Waals surface area contributed by atoms with Gasteiger partial charge in [0.1, 0.15) is 5.15 Å². The Morgan fingerprint density at radius 3 is 2.88 bits per heavy atom. The van der Waals surface area contributed by atoms with Gasteiger partial charge in [-0.15, -0.1) is 0 Å². The van der Waals surface area contributed by atoms with Crippen LogP contribution in [0, 0.1) is 0 Å². The number of hydrogen-bond donors (Lipinski definition) is 1. The first kappa shape index (κ1) is 12.8. The molecule has 17 heavy (non-hydrogen) atoms. The van der Waals surface area contributed by atoms with Crippen LogP contribution in [0.4, 0.5) is 0 Å². The van der Waals surface area contributed by atoms with Crippen LogP contribution in [0.25, 0.3) is 0 Å². The van der Waals surface area contributed by atoms with Crippen LogP contribution in [0.2, 0.25) is 5.15 Å². The fourth-order valence-electron chi connectivity index (χ4n) is 1.99. The summed E-state index contributed by atoms with van der Waals surface area (Å²) in [6, 6.07) is -0.363. The van der Waals surface area contributed by atoms with Gasteiger partial charge in [0.15, 0.2) is 0 Å². The SMILES string of the molecule is Cn1cnc(S(=O)(=O)N2CCC[C@@H]2CO)c1Cl. The Balaban J connectivity index is 2.40. The number of halogens is 1. The fraction of sp³-hybridized carbons (Fsp3) is 0.667. The van der Waals surface area contributed by atoms with Crippen LogP contribution in [-0.4, -0.2) is 46.6 Å². The standard InChI is InChI=1S/C9H14ClN3O3S/c1-12-6-11-9(8(12)10)17(15,16)13-4-2-3-7(13)5-14/h6-7,14H,2-5H2,1H3/t7-/m1/s1. The van der Waals surface area contributed by atoms with E-state index in [0.717, 1.165) is 6.42 Å². The molecule has 0 saturated carbocycles. The molecule has 0 amide bonds. The van der Waals surface area contributed by atoms with Gasteiger partial charge in [-0.3, -0.25) is 0 Å². The monoisotopic (exact) mass is 279 g/mol. The maximum Gasteiger partial charge on any atom is 0.264 e. The number of hydrogen-bond acceptors (Lipinski definition) is 4. The van der Waals surface area contributed by atoms with Crippen molar-refractivity contribution in [1.29, 1.82) is 0 Å². The van der Waals surface area contributed by atoms with Gasteiger partial charge in [0.25, 0.3) is 10.0 Å². The number of rotatable bonds is 3. The van der Waals surface area contributed by atoms with Crippen LogP contribution in [0.1, 0.15) is 12.8 Å². The van der Waals surface area contributed by atoms with Crippen LogP contribution >= 0.6 is 11.6 Å². The number of aromatic nitrogens is 2. The summed E-state index contributed by atoms with van der Waals surface area (Å²) in [4.78, 5) is 3.82. The summed E-state index contributed by atoms with van der Waals surface area (Å²) in [7, 11) is -2.07. The summed E-state index contributed by atoms with van der Waals surface area (Å²) in [5.41, 5.74) is 0. The van der Waals surface area contributed by atoms with E-state index in [4.69, 9.17) is 16.7 Å². The van der Waals surface area contributed by atoms with E-state index in [1.807, 2.05) is 0 Å².